The maximum atomic E-state index is 13.7. The highest BCUT2D eigenvalue weighted by molar-refractivity contribution is 7.86. The van der Waals surface area contributed by atoms with E-state index in [1.165, 1.54) is 14.7 Å². The van der Waals surface area contributed by atoms with Crippen molar-refractivity contribution in [1.82, 2.24) is 23.8 Å². The zero-order valence-electron chi connectivity index (χ0n) is 21.0. The lowest BCUT2D eigenvalue weighted by Gasteiger charge is -2.41. The number of hydrogen-bond acceptors (Lipinski definition) is 6. The van der Waals surface area contributed by atoms with Crippen LogP contribution in [0, 0.1) is 23.2 Å². The van der Waals surface area contributed by atoms with Crippen LogP contribution in [0.5, 0.6) is 0 Å². The number of nitrogens with zero attached hydrogens (tertiary/aromatic N) is 5. The number of amides is 2. The van der Waals surface area contributed by atoms with Gasteiger partial charge in [-0.3, -0.25) is 14.6 Å². The number of hydrogen-bond donors (Lipinski definition) is 1. The Morgan fingerprint density at radius 1 is 1.16 bits per heavy atom. The number of carbonyl (C=O) groups is 2. The Kier molecular flexibility index (Phi) is 8.29. The summed E-state index contributed by atoms with van der Waals surface area (Å²) in [6.45, 7) is 2.50. The van der Waals surface area contributed by atoms with Gasteiger partial charge in [-0.1, -0.05) is 13.0 Å². The lowest BCUT2D eigenvalue weighted by molar-refractivity contribution is -0.144. The Morgan fingerprint density at radius 3 is 2.50 bits per heavy atom. The maximum Gasteiger partial charge on any atom is 0.433 e. The van der Waals surface area contributed by atoms with E-state index < -0.39 is 39.9 Å². The molecule has 3 aliphatic heterocycles. The Morgan fingerprint density at radius 2 is 1.89 bits per heavy atom. The molecule has 0 aliphatic carbocycles. The summed E-state index contributed by atoms with van der Waals surface area (Å²) in [5.41, 5.74) is -0.625. The number of likely N-dealkylation sites (tertiary alicyclic amines) is 1. The van der Waals surface area contributed by atoms with Crippen molar-refractivity contribution < 1.29 is 31.2 Å². The summed E-state index contributed by atoms with van der Waals surface area (Å²) in [4.78, 5) is 31.7. The van der Waals surface area contributed by atoms with Gasteiger partial charge in [-0.15, -0.1) is 0 Å². The van der Waals surface area contributed by atoms with Crippen LogP contribution >= 0.6 is 0 Å². The standard InChI is InChI=1S/C24H31F3N6O4S/c1-2-19-6-7-20(22(34)30-12-16-5-8-21(29-11-16)24(25,26)27)33(19)23(35)18-4-3-9-31(15-18)38(36,37)32-13-17(10-28)14-32/h5,8,11,17-20H,2-4,6-7,9,12-15H2,1H3,(H,30,34)/t18-,19+,20+/m0/s1. The molecule has 1 aromatic rings. The van der Waals surface area contributed by atoms with Crippen LogP contribution in [-0.2, 0) is 32.5 Å². The Labute approximate surface area is 220 Å². The lowest BCUT2D eigenvalue weighted by atomic mass is 9.97. The first-order chi connectivity index (χ1) is 18.0. The van der Waals surface area contributed by atoms with Crippen LogP contribution in [0.4, 0.5) is 13.2 Å². The minimum atomic E-state index is -4.55. The predicted octanol–water partition coefficient (Wildman–Crippen LogP) is 1.90. The quantitative estimate of drug-likeness (QED) is 0.547. The van der Waals surface area contributed by atoms with Gasteiger partial charge in [0.2, 0.25) is 11.8 Å². The van der Waals surface area contributed by atoms with E-state index >= 15 is 0 Å². The summed E-state index contributed by atoms with van der Waals surface area (Å²) in [5.74, 6) is -1.57. The molecule has 1 N–H and O–H groups in total. The van der Waals surface area contributed by atoms with E-state index in [9.17, 15) is 31.2 Å². The van der Waals surface area contributed by atoms with Gasteiger partial charge in [0.25, 0.3) is 10.2 Å². The molecule has 3 saturated heterocycles. The topological polar surface area (TPSA) is 127 Å². The van der Waals surface area contributed by atoms with Crippen molar-refractivity contribution in [2.24, 2.45) is 11.8 Å². The Hall–Kier alpha value is -2.76. The SMILES string of the molecule is CC[C@@H]1CC[C@H](C(=O)NCc2ccc(C(F)(F)F)nc2)N1C(=O)[C@H]1CCCN(S(=O)(=O)N2CC(C#N)C2)C1. The van der Waals surface area contributed by atoms with Crippen LogP contribution in [0.25, 0.3) is 0 Å². The molecule has 2 amide bonds. The third-order valence-corrected chi connectivity index (χ3v) is 9.46. The van der Waals surface area contributed by atoms with E-state index in [0.29, 0.717) is 44.2 Å². The molecule has 0 radical (unpaired) electrons. The zero-order valence-corrected chi connectivity index (χ0v) is 21.8. The summed E-state index contributed by atoms with van der Waals surface area (Å²) in [6, 6.07) is 3.25. The smallest absolute Gasteiger partial charge is 0.350 e. The number of rotatable bonds is 7. The molecule has 3 aliphatic rings. The van der Waals surface area contributed by atoms with Gasteiger partial charge in [0.1, 0.15) is 11.7 Å². The number of halogens is 3. The molecule has 3 fully saturated rings. The molecular weight excluding hydrogens is 525 g/mol. The van der Waals surface area contributed by atoms with Crippen molar-refractivity contribution in [2.45, 2.75) is 63.8 Å². The molecule has 0 aromatic carbocycles. The fourth-order valence-electron chi connectivity index (χ4n) is 5.31. The monoisotopic (exact) mass is 556 g/mol. The molecule has 4 rings (SSSR count). The second-order valence-corrected chi connectivity index (χ2v) is 11.9. The van der Waals surface area contributed by atoms with Crippen LogP contribution in [0.15, 0.2) is 18.3 Å². The molecule has 0 spiro atoms. The van der Waals surface area contributed by atoms with Crippen molar-refractivity contribution in [2.75, 3.05) is 26.2 Å². The van der Waals surface area contributed by atoms with Crippen molar-refractivity contribution in [3.05, 3.63) is 29.6 Å². The predicted molar refractivity (Wildman–Crippen MR) is 129 cm³/mol. The molecule has 0 saturated carbocycles. The number of nitrogens with one attached hydrogen (secondary N) is 1. The zero-order chi connectivity index (χ0) is 27.7. The highest BCUT2D eigenvalue weighted by Gasteiger charge is 2.46. The third kappa shape index (κ3) is 5.79. The maximum absolute atomic E-state index is 13.7. The number of piperidine rings is 1. The van der Waals surface area contributed by atoms with Gasteiger partial charge < -0.3 is 10.2 Å². The first kappa shape index (κ1) is 28.3. The first-order valence-electron chi connectivity index (χ1n) is 12.7. The van der Waals surface area contributed by atoms with Crippen molar-refractivity contribution >= 4 is 22.0 Å². The van der Waals surface area contributed by atoms with E-state index in [4.69, 9.17) is 5.26 Å². The summed E-state index contributed by atoms with van der Waals surface area (Å²) < 4.78 is 66.8. The van der Waals surface area contributed by atoms with Crippen molar-refractivity contribution in [3.8, 4) is 6.07 Å². The molecule has 4 heterocycles. The van der Waals surface area contributed by atoms with Crippen LogP contribution in [0.2, 0.25) is 0 Å². The molecule has 1 aromatic heterocycles. The van der Waals surface area contributed by atoms with Gasteiger partial charge in [-0.25, -0.2) is 0 Å². The van der Waals surface area contributed by atoms with Crippen LogP contribution in [0.3, 0.4) is 0 Å². The highest BCUT2D eigenvalue weighted by Crippen LogP contribution is 2.32. The summed E-state index contributed by atoms with van der Waals surface area (Å²) >= 11 is 0. The number of aromatic nitrogens is 1. The summed E-state index contributed by atoms with van der Waals surface area (Å²) in [5, 5.41) is 11.7. The number of alkyl halides is 3. The third-order valence-electron chi connectivity index (χ3n) is 7.53. The van der Waals surface area contributed by atoms with Gasteiger partial charge in [-0.05, 0) is 43.7 Å². The van der Waals surface area contributed by atoms with E-state index in [1.54, 1.807) is 4.90 Å². The average molecular weight is 557 g/mol. The summed E-state index contributed by atoms with van der Waals surface area (Å²) in [6.07, 6.45) is -0.776. The molecule has 0 unspecified atom stereocenters. The van der Waals surface area contributed by atoms with Crippen molar-refractivity contribution in [1.29, 1.82) is 5.26 Å². The van der Waals surface area contributed by atoms with E-state index in [2.05, 4.69) is 16.4 Å². The van der Waals surface area contributed by atoms with Crippen LogP contribution in [0.1, 0.15) is 50.3 Å². The largest absolute Gasteiger partial charge is 0.433 e. The summed E-state index contributed by atoms with van der Waals surface area (Å²) in [7, 11) is -3.77. The van der Waals surface area contributed by atoms with Gasteiger partial charge in [0, 0.05) is 45.0 Å². The highest BCUT2D eigenvalue weighted by atomic mass is 32.2. The van der Waals surface area contributed by atoms with Gasteiger partial charge in [-0.2, -0.15) is 35.5 Å². The number of carbonyl (C=O) groups excluding carboxylic acids is 2. The first-order valence-corrected chi connectivity index (χ1v) is 14.1. The molecule has 208 valence electrons. The van der Waals surface area contributed by atoms with Crippen LogP contribution in [-0.4, -0.2) is 77.0 Å². The second kappa shape index (κ2) is 11.2. The fourth-order valence-corrected chi connectivity index (χ4v) is 7.11. The van der Waals surface area contributed by atoms with E-state index in [1.807, 2.05) is 6.92 Å². The van der Waals surface area contributed by atoms with Crippen LogP contribution < -0.4 is 5.32 Å². The van der Waals surface area contributed by atoms with E-state index in [0.717, 1.165) is 12.3 Å². The number of nitriles is 1. The Bertz CT molecular complexity index is 1180. The van der Waals surface area contributed by atoms with Crippen molar-refractivity contribution in [3.63, 3.8) is 0 Å². The minimum Gasteiger partial charge on any atom is -0.350 e. The molecular formula is C24H31F3N6O4S. The van der Waals surface area contributed by atoms with Gasteiger partial charge >= 0.3 is 6.18 Å². The molecule has 3 atom stereocenters. The normalized spacial score (nSPS) is 25.6. The molecule has 0 bridgehead atoms. The molecule has 38 heavy (non-hydrogen) atoms. The minimum absolute atomic E-state index is 0.0212. The number of pyridine rings is 1. The second-order valence-electron chi connectivity index (χ2n) is 10.0. The van der Waals surface area contributed by atoms with E-state index in [-0.39, 0.29) is 44.0 Å². The Balaban J connectivity index is 1.40. The average Bonchev–Trinajstić information content (AvgIpc) is 3.30. The lowest BCUT2D eigenvalue weighted by Crippen LogP contribution is -2.58. The fraction of sp³-hybridized carbons (Fsp3) is 0.667. The van der Waals surface area contributed by atoms with Gasteiger partial charge in [0.15, 0.2) is 0 Å². The molecule has 14 heteroatoms. The van der Waals surface area contributed by atoms with Gasteiger partial charge in [0.05, 0.1) is 17.9 Å². The molecule has 10 nitrogen and oxygen atoms in total.